The van der Waals surface area contributed by atoms with Crippen molar-refractivity contribution in [2.24, 2.45) is 52.1 Å². The van der Waals surface area contributed by atoms with Crippen LogP contribution in [0.4, 0.5) is 4.79 Å². The summed E-state index contributed by atoms with van der Waals surface area (Å²) in [6.45, 7) is 17.2. The van der Waals surface area contributed by atoms with Gasteiger partial charge in [0, 0.05) is 32.5 Å². The van der Waals surface area contributed by atoms with E-state index in [4.69, 9.17) is 10.5 Å². The summed E-state index contributed by atoms with van der Waals surface area (Å²) in [6, 6.07) is 0. The average molecular weight is 867 g/mol. The van der Waals surface area contributed by atoms with Crippen molar-refractivity contribution in [2.45, 2.75) is 234 Å². The van der Waals surface area contributed by atoms with Crippen LogP contribution in [0.5, 0.6) is 0 Å². The Morgan fingerprint density at radius 1 is 0.742 bits per heavy atom. The minimum Gasteiger partial charge on any atom is -0.446 e. The topological polar surface area (TPSA) is 114 Å². The smallest absolute Gasteiger partial charge is 0.410 e. The summed E-state index contributed by atoms with van der Waals surface area (Å²) in [5, 5.41) is 6.10. The molecular formula is C54H98N4O4. The van der Waals surface area contributed by atoms with E-state index >= 15 is 0 Å². The van der Waals surface area contributed by atoms with E-state index < -0.39 is 0 Å². The van der Waals surface area contributed by atoms with E-state index in [2.05, 4.69) is 58.3 Å². The fraction of sp³-hybridized carbons (Fsp3) is 0.907. The average Bonchev–Trinajstić information content (AvgIpc) is 3.60. The van der Waals surface area contributed by atoms with Crippen LogP contribution in [0, 0.1) is 46.3 Å². The molecule has 3 saturated carbocycles. The number of fused-ring (bicyclic) bond motifs is 5. The van der Waals surface area contributed by atoms with Crippen LogP contribution >= 0.6 is 0 Å². The first-order valence-electron chi connectivity index (χ1n) is 26.8. The summed E-state index contributed by atoms with van der Waals surface area (Å²) >= 11 is 0. The number of unbranched alkanes of at least 4 members (excludes halogenated alkanes) is 14. The third-order valence-electron chi connectivity index (χ3n) is 16.8. The van der Waals surface area contributed by atoms with Crippen molar-refractivity contribution in [1.29, 1.82) is 0 Å². The number of rotatable bonds is 31. The van der Waals surface area contributed by atoms with Gasteiger partial charge in [-0.05, 0) is 130 Å². The van der Waals surface area contributed by atoms with Crippen LogP contribution in [0.3, 0.4) is 0 Å². The van der Waals surface area contributed by atoms with Gasteiger partial charge in [0.15, 0.2) is 0 Å². The first-order valence-corrected chi connectivity index (χ1v) is 26.8. The molecule has 0 aliphatic heterocycles. The van der Waals surface area contributed by atoms with E-state index in [1.807, 2.05) is 0 Å². The second kappa shape index (κ2) is 28.1. The van der Waals surface area contributed by atoms with Gasteiger partial charge in [0.05, 0.1) is 0 Å². The molecular weight excluding hydrogens is 769 g/mol. The van der Waals surface area contributed by atoms with Crippen molar-refractivity contribution in [3.63, 3.8) is 0 Å². The maximum absolute atomic E-state index is 13.8. The van der Waals surface area contributed by atoms with Gasteiger partial charge in [0.25, 0.3) is 0 Å². The monoisotopic (exact) mass is 867 g/mol. The Kier molecular flexibility index (Phi) is 23.8. The molecule has 8 heteroatoms. The van der Waals surface area contributed by atoms with E-state index in [9.17, 15) is 14.4 Å². The molecule has 0 saturated heterocycles. The highest BCUT2D eigenvalue weighted by Gasteiger charge is 2.59. The third kappa shape index (κ3) is 16.4. The van der Waals surface area contributed by atoms with Crippen LogP contribution in [0.2, 0.25) is 0 Å². The molecule has 358 valence electrons. The summed E-state index contributed by atoms with van der Waals surface area (Å²) in [5.74, 6) is 4.87. The lowest BCUT2D eigenvalue weighted by atomic mass is 9.47. The molecule has 0 aromatic rings. The van der Waals surface area contributed by atoms with E-state index in [1.54, 1.807) is 4.90 Å². The summed E-state index contributed by atoms with van der Waals surface area (Å²) in [5.41, 5.74) is 7.86. The second-order valence-corrected chi connectivity index (χ2v) is 21.9. The zero-order valence-corrected chi connectivity index (χ0v) is 41.3. The SMILES string of the molecule is CCCCCCCCCCCCCC(=O)NCCCCCCN(CC(=O)NCCCCN)C(=O)O[C@H]1CC[C@@]2(C)C(=CC[C@H]3[C@@H]4CC[C@H]([C@H](C)CCCC(C)C)[C@@]4(C)CC[C@@H]32)C1. The van der Waals surface area contributed by atoms with Gasteiger partial charge < -0.3 is 21.1 Å². The molecule has 4 N–H and O–H groups in total. The van der Waals surface area contributed by atoms with Crippen LogP contribution in [0.25, 0.3) is 0 Å². The zero-order valence-electron chi connectivity index (χ0n) is 41.3. The molecule has 0 bridgehead atoms. The minimum absolute atomic E-state index is 0.0188. The number of nitrogens with two attached hydrogens (primary N) is 1. The molecule has 0 radical (unpaired) electrons. The Morgan fingerprint density at radius 2 is 1.39 bits per heavy atom. The van der Waals surface area contributed by atoms with E-state index in [0.29, 0.717) is 38.0 Å². The van der Waals surface area contributed by atoms with Crippen molar-refractivity contribution < 1.29 is 19.1 Å². The van der Waals surface area contributed by atoms with E-state index in [-0.39, 0.29) is 36.0 Å². The number of ether oxygens (including phenoxy) is 1. The fourth-order valence-electron chi connectivity index (χ4n) is 13.0. The number of carbonyl (C=O) groups is 3. The molecule has 0 aromatic carbocycles. The van der Waals surface area contributed by atoms with Crippen molar-refractivity contribution in [3.05, 3.63) is 11.6 Å². The standard InChI is InChI=1S/C54H98N4O4/c1-7-8-9-10-11-12-13-14-15-16-19-27-50(59)56-37-21-17-18-23-39-58(41-51(60)57-38-22-20-36-55)52(61)62-45-32-34-53(5)44(40-45)28-29-46-48-31-30-47(43(4)26-24-25-42(2)3)54(48,6)35-33-49(46)53/h28,42-43,45-49H,7-27,29-41,55H2,1-6H3,(H,56,59)(H,57,60)/t43-,45+,46+,47-,48+,49+,53+,54-/m1/s1. The van der Waals surface area contributed by atoms with E-state index in [0.717, 1.165) is 106 Å². The normalized spacial score (nSPS) is 27.2. The summed E-state index contributed by atoms with van der Waals surface area (Å²) < 4.78 is 6.31. The Hall–Kier alpha value is -2.09. The van der Waals surface area contributed by atoms with Gasteiger partial charge in [-0.3, -0.25) is 14.5 Å². The highest BCUT2D eigenvalue weighted by Crippen LogP contribution is 2.67. The number of nitrogens with one attached hydrogen (secondary N) is 2. The van der Waals surface area contributed by atoms with Crippen molar-refractivity contribution in [2.75, 3.05) is 32.7 Å². The second-order valence-electron chi connectivity index (χ2n) is 21.9. The van der Waals surface area contributed by atoms with Crippen molar-refractivity contribution in [3.8, 4) is 0 Å². The van der Waals surface area contributed by atoms with Crippen molar-refractivity contribution >= 4 is 17.9 Å². The highest BCUT2D eigenvalue weighted by molar-refractivity contribution is 5.82. The Bertz CT molecular complexity index is 1340. The van der Waals surface area contributed by atoms with Gasteiger partial charge in [-0.25, -0.2) is 4.79 Å². The molecule has 4 aliphatic carbocycles. The number of hydrogen-bond acceptors (Lipinski definition) is 5. The largest absolute Gasteiger partial charge is 0.446 e. The quantitative estimate of drug-likeness (QED) is 0.0474. The molecule has 4 rings (SSSR count). The number of amides is 3. The molecule has 8 nitrogen and oxygen atoms in total. The zero-order chi connectivity index (χ0) is 44.8. The molecule has 3 fully saturated rings. The van der Waals surface area contributed by atoms with Gasteiger partial charge in [-0.15, -0.1) is 0 Å². The minimum atomic E-state index is -0.354. The Morgan fingerprint density at radius 3 is 2.08 bits per heavy atom. The van der Waals surface area contributed by atoms with Crippen LogP contribution in [0.15, 0.2) is 11.6 Å². The molecule has 0 unspecified atom stereocenters. The Balaban J connectivity index is 1.19. The van der Waals surface area contributed by atoms with Gasteiger partial charge in [0.1, 0.15) is 12.6 Å². The maximum Gasteiger partial charge on any atom is 0.410 e. The number of hydrogen-bond donors (Lipinski definition) is 3. The molecule has 0 aromatic heterocycles. The number of allylic oxidation sites excluding steroid dienone is 1. The predicted octanol–water partition coefficient (Wildman–Crippen LogP) is 13.1. The lowest BCUT2D eigenvalue weighted by Gasteiger charge is -2.58. The number of nitrogens with zero attached hydrogens (tertiary/aromatic N) is 1. The van der Waals surface area contributed by atoms with Crippen molar-refractivity contribution in [1.82, 2.24) is 15.5 Å². The predicted molar refractivity (Wildman–Crippen MR) is 259 cm³/mol. The van der Waals surface area contributed by atoms with Gasteiger partial charge in [0.2, 0.25) is 11.8 Å². The van der Waals surface area contributed by atoms with Crippen LogP contribution < -0.4 is 16.4 Å². The van der Waals surface area contributed by atoms with Crippen LogP contribution in [-0.4, -0.2) is 61.6 Å². The Labute approximate surface area is 381 Å². The molecule has 3 amide bonds. The van der Waals surface area contributed by atoms with Gasteiger partial charge in [-0.2, -0.15) is 0 Å². The van der Waals surface area contributed by atoms with Crippen LogP contribution in [0.1, 0.15) is 228 Å². The van der Waals surface area contributed by atoms with Crippen LogP contribution in [-0.2, 0) is 14.3 Å². The fourth-order valence-corrected chi connectivity index (χ4v) is 13.0. The summed E-state index contributed by atoms with van der Waals surface area (Å²) in [4.78, 5) is 40.9. The molecule has 0 heterocycles. The number of carbonyl (C=O) groups excluding carboxylic acids is 3. The third-order valence-corrected chi connectivity index (χ3v) is 16.8. The van der Waals surface area contributed by atoms with E-state index in [1.165, 1.54) is 115 Å². The summed E-state index contributed by atoms with van der Waals surface area (Å²) in [6.07, 6.45) is 35.8. The first kappa shape index (κ1) is 52.5. The lowest BCUT2D eigenvalue weighted by molar-refractivity contribution is -0.122. The van der Waals surface area contributed by atoms with Gasteiger partial charge >= 0.3 is 6.09 Å². The molecule has 8 atom stereocenters. The highest BCUT2D eigenvalue weighted by atomic mass is 16.6. The molecule has 4 aliphatic rings. The maximum atomic E-state index is 13.8. The van der Waals surface area contributed by atoms with Gasteiger partial charge in [-0.1, -0.05) is 150 Å². The molecule has 62 heavy (non-hydrogen) atoms. The lowest BCUT2D eigenvalue weighted by Crippen LogP contribution is -2.51. The first-order chi connectivity index (χ1) is 29.9. The molecule has 0 spiro atoms. The summed E-state index contributed by atoms with van der Waals surface area (Å²) in [7, 11) is 0.